The number of fused-ring (bicyclic) bond motifs is 3. The molecule has 0 spiro atoms. The van der Waals surface area contributed by atoms with E-state index in [1.54, 1.807) is 17.7 Å². The van der Waals surface area contributed by atoms with Gasteiger partial charge in [0, 0.05) is 17.8 Å². The number of thiophene rings is 1. The van der Waals surface area contributed by atoms with Crippen molar-refractivity contribution in [3.8, 4) is 0 Å². The maximum atomic E-state index is 4.64. The molecule has 6 heteroatoms. The Morgan fingerprint density at radius 2 is 2.10 bits per heavy atom. The lowest BCUT2D eigenvalue weighted by atomic mass is 10.2. The van der Waals surface area contributed by atoms with Crippen LogP contribution in [0.15, 0.2) is 47.4 Å². The van der Waals surface area contributed by atoms with Crippen molar-refractivity contribution in [3.05, 3.63) is 47.4 Å². The highest BCUT2D eigenvalue weighted by Crippen LogP contribution is 2.30. The van der Waals surface area contributed by atoms with E-state index in [0.29, 0.717) is 5.78 Å². The molecule has 98 valence electrons. The number of benzene rings is 1. The monoisotopic (exact) mass is 281 g/mol. The summed E-state index contributed by atoms with van der Waals surface area (Å²) in [7, 11) is 2.02. The molecule has 0 N–H and O–H groups in total. The van der Waals surface area contributed by atoms with Crippen LogP contribution in [0.4, 0.5) is 11.5 Å². The zero-order valence-corrected chi connectivity index (χ0v) is 11.6. The van der Waals surface area contributed by atoms with Crippen molar-refractivity contribution in [2.45, 2.75) is 0 Å². The average Bonchev–Trinajstić information content (AvgIpc) is 3.16. The Bertz CT molecular complexity index is 881. The van der Waals surface area contributed by atoms with E-state index < -0.39 is 0 Å². The fraction of sp³-hybridized carbons (Fsp3) is 0.0714. The van der Waals surface area contributed by atoms with E-state index in [1.165, 1.54) is 0 Å². The molecule has 0 radical (unpaired) electrons. The van der Waals surface area contributed by atoms with Crippen LogP contribution in [-0.4, -0.2) is 26.6 Å². The van der Waals surface area contributed by atoms with Gasteiger partial charge in [-0.05, 0) is 23.6 Å². The molecular weight excluding hydrogens is 270 g/mol. The van der Waals surface area contributed by atoms with Gasteiger partial charge >= 0.3 is 0 Å². The maximum Gasteiger partial charge on any atom is 0.257 e. The first kappa shape index (κ1) is 11.4. The van der Waals surface area contributed by atoms with Gasteiger partial charge in [0.1, 0.15) is 12.1 Å². The van der Waals surface area contributed by atoms with Crippen molar-refractivity contribution in [2.24, 2.45) is 0 Å². The molecule has 0 saturated carbocycles. The van der Waals surface area contributed by atoms with Crippen LogP contribution in [0, 0.1) is 0 Å². The summed E-state index contributed by atoms with van der Waals surface area (Å²) in [5, 5.41) is 13.3. The Hall–Kier alpha value is -2.47. The molecule has 0 aliphatic heterocycles. The highest BCUT2D eigenvalue weighted by Gasteiger charge is 2.13. The van der Waals surface area contributed by atoms with Crippen molar-refractivity contribution in [3.63, 3.8) is 0 Å². The van der Waals surface area contributed by atoms with Crippen LogP contribution in [0.5, 0.6) is 0 Å². The lowest BCUT2D eigenvalue weighted by molar-refractivity contribution is 1.08. The quantitative estimate of drug-likeness (QED) is 0.566. The van der Waals surface area contributed by atoms with Crippen LogP contribution in [-0.2, 0) is 0 Å². The van der Waals surface area contributed by atoms with E-state index in [1.807, 2.05) is 23.6 Å². The summed E-state index contributed by atoms with van der Waals surface area (Å²) in [6.07, 6.45) is 1.69. The first-order valence-electron chi connectivity index (χ1n) is 6.19. The van der Waals surface area contributed by atoms with Crippen LogP contribution < -0.4 is 4.90 Å². The highest BCUT2D eigenvalue weighted by atomic mass is 32.1. The van der Waals surface area contributed by atoms with Crippen LogP contribution in [0.3, 0.4) is 0 Å². The fourth-order valence-corrected chi connectivity index (χ4v) is 3.00. The minimum absolute atomic E-state index is 0.612. The minimum Gasteiger partial charge on any atom is -0.328 e. The van der Waals surface area contributed by atoms with Crippen LogP contribution in [0.25, 0.3) is 16.7 Å². The smallest absolute Gasteiger partial charge is 0.257 e. The first-order chi connectivity index (χ1) is 9.84. The SMILES string of the molecule is CN(c1ccsc1)c1nc2nncn2c2ccccc12. The topological polar surface area (TPSA) is 46.3 Å². The maximum absolute atomic E-state index is 4.64. The summed E-state index contributed by atoms with van der Waals surface area (Å²) in [6, 6.07) is 10.2. The van der Waals surface area contributed by atoms with Crippen molar-refractivity contribution < 1.29 is 0 Å². The van der Waals surface area contributed by atoms with Gasteiger partial charge in [0.25, 0.3) is 5.78 Å². The number of para-hydroxylation sites is 1. The standard InChI is InChI=1S/C14H11N5S/c1-18(10-6-7-20-8-10)13-11-4-2-3-5-12(11)19-9-15-17-14(19)16-13/h2-9H,1H3. The van der Waals surface area contributed by atoms with Gasteiger partial charge in [-0.1, -0.05) is 12.1 Å². The molecule has 0 amide bonds. The molecule has 4 rings (SSSR count). The molecule has 20 heavy (non-hydrogen) atoms. The van der Waals surface area contributed by atoms with Crippen LogP contribution in [0.1, 0.15) is 0 Å². The third-order valence-corrected chi connectivity index (χ3v) is 4.02. The molecule has 0 saturated heterocycles. The predicted molar refractivity (Wildman–Crippen MR) is 80.7 cm³/mol. The lowest BCUT2D eigenvalue weighted by Gasteiger charge is -2.18. The molecule has 0 bridgehead atoms. The van der Waals surface area contributed by atoms with Gasteiger partial charge < -0.3 is 4.90 Å². The van der Waals surface area contributed by atoms with Crippen molar-refractivity contribution >= 4 is 39.5 Å². The van der Waals surface area contributed by atoms with E-state index in [2.05, 4.69) is 49.0 Å². The lowest BCUT2D eigenvalue weighted by Crippen LogP contribution is -2.12. The molecule has 3 heterocycles. The Morgan fingerprint density at radius 1 is 1.20 bits per heavy atom. The van der Waals surface area contributed by atoms with E-state index >= 15 is 0 Å². The summed E-state index contributed by atoms with van der Waals surface area (Å²) in [6.45, 7) is 0. The normalized spacial score (nSPS) is 11.2. The van der Waals surface area contributed by atoms with E-state index in [9.17, 15) is 0 Å². The zero-order valence-electron chi connectivity index (χ0n) is 10.8. The Balaban J connectivity index is 2.06. The summed E-state index contributed by atoms with van der Waals surface area (Å²) in [5.74, 6) is 1.50. The molecule has 0 atom stereocenters. The number of aromatic nitrogens is 4. The molecule has 0 unspecified atom stereocenters. The molecule has 5 nitrogen and oxygen atoms in total. The van der Waals surface area contributed by atoms with E-state index in [0.717, 1.165) is 22.4 Å². The Labute approximate surface area is 119 Å². The number of hydrogen-bond acceptors (Lipinski definition) is 5. The van der Waals surface area contributed by atoms with Crippen molar-refractivity contribution in [2.75, 3.05) is 11.9 Å². The van der Waals surface area contributed by atoms with Gasteiger partial charge in [-0.2, -0.15) is 16.3 Å². The van der Waals surface area contributed by atoms with Gasteiger partial charge in [0.15, 0.2) is 0 Å². The molecule has 4 aromatic rings. The number of anilines is 2. The van der Waals surface area contributed by atoms with Gasteiger partial charge in [-0.3, -0.25) is 4.40 Å². The zero-order chi connectivity index (χ0) is 13.5. The minimum atomic E-state index is 0.612. The van der Waals surface area contributed by atoms with E-state index in [4.69, 9.17) is 0 Å². The van der Waals surface area contributed by atoms with E-state index in [-0.39, 0.29) is 0 Å². The molecule has 1 aromatic carbocycles. The third kappa shape index (κ3) is 1.58. The third-order valence-electron chi connectivity index (χ3n) is 3.35. The summed E-state index contributed by atoms with van der Waals surface area (Å²) in [5.41, 5.74) is 2.18. The first-order valence-corrected chi connectivity index (χ1v) is 7.13. The predicted octanol–water partition coefficient (Wildman–Crippen LogP) is 3.11. The van der Waals surface area contributed by atoms with Crippen LogP contribution >= 0.6 is 11.3 Å². The Kier molecular flexibility index (Phi) is 2.43. The van der Waals surface area contributed by atoms with Gasteiger partial charge in [-0.15, -0.1) is 10.2 Å². The molecule has 0 aliphatic rings. The molecule has 0 aliphatic carbocycles. The molecular formula is C14H11N5S. The Morgan fingerprint density at radius 3 is 2.95 bits per heavy atom. The average molecular weight is 281 g/mol. The number of rotatable bonds is 2. The molecule has 3 aromatic heterocycles. The van der Waals surface area contributed by atoms with Crippen molar-refractivity contribution in [1.29, 1.82) is 0 Å². The van der Waals surface area contributed by atoms with Gasteiger partial charge in [0.2, 0.25) is 0 Å². The highest BCUT2D eigenvalue weighted by molar-refractivity contribution is 7.08. The molecule has 0 fully saturated rings. The second-order valence-corrected chi connectivity index (χ2v) is 5.27. The van der Waals surface area contributed by atoms with Crippen LogP contribution in [0.2, 0.25) is 0 Å². The van der Waals surface area contributed by atoms with Gasteiger partial charge in [-0.25, -0.2) is 0 Å². The summed E-state index contributed by atoms with van der Waals surface area (Å²) < 4.78 is 1.90. The van der Waals surface area contributed by atoms with Gasteiger partial charge in [0.05, 0.1) is 11.2 Å². The largest absolute Gasteiger partial charge is 0.328 e. The fourth-order valence-electron chi connectivity index (χ4n) is 2.33. The second kappa shape index (κ2) is 4.28. The second-order valence-electron chi connectivity index (χ2n) is 4.49. The summed E-state index contributed by atoms with van der Waals surface area (Å²) in [4.78, 5) is 6.72. The van der Waals surface area contributed by atoms with Crippen molar-refractivity contribution in [1.82, 2.24) is 19.6 Å². The number of hydrogen-bond donors (Lipinski definition) is 0. The number of nitrogens with zero attached hydrogens (tertiary/aromatic N) is 5. The summed E-state index contributed by atoms with van der Waals surface area (Å²) >= 11 is 1.67.